The molecule has 2 fully saturated rings. The van der Waals surface area contributed by atoms with E-state index in [1.165, 1.54) is 12.1 Å². The van der Waals surface area contributed by atoms with E-state index in [0.29, 0.717) is 0 Å². The molecule has 34 heavy (non-hydrogen) atoms. The molecule has 2 heterocycles. The molecule has 174 valence electrons. The van der Waals surface area contributed by atoms with Gasteiger partial charge in [0.1, 0.15) is 6.10 Å². The molecule has 0 spiro atoms. The summed E-state index contributed by atoms with van der Waals surface area (Å²) in [7, 11) is 0. The molecule has 0 saturated carbocycles. The number of hydroxylamine groups is 1. The maximum absolute atomic E-state index is 14.0. The van der Waals surface area contributed by atoms with Crippen LogP contribution in [0.3, 0.4) is 0 Å². The Bertz CT molecular complexity index is 1130. The van der Waals surface area contributed by atoms with Gasteiger partial charge in [0.25, 0.3) is 5.69 Å². The van der Waals surface area contributed by atoms with Crippen molar-refractivity contribution in [1.82, 2.24) is 4.90 Å². The average molecular weight is 458 g/mol. The molecule has 0 aromatic heterocycles. The van der Waals surface area contributed by atoms with E-state index in [2.05, 4.69) is 0 Å². The van der Waals surface area contributed by atoms with E-state index in [0.717, 1.165) is 49.2 Å². The molecule has 1 amide bonds. The van der Waals surface area contributed by atoms with Crippen LogP contribution in [-0.4, -0.2) is 28.8 Å². The number of piperidine rings is 1. The first-order chi connectivity index (χ1) is 16.6. The molecule has 0 N–H and O–H groups in total. The fourth-order valence-electron chi connectivity index (χ4n) is 5.00. The van der Waals surface area contributed by atoms with Crippen LogP contribution in [0.25, 0.3) is 0 Å². The number of likely N-dealkylation sites (tertiary alicyclic amines) is 1. The second-order valence-electron chi connectivity index (χ2n) is 8.80. The van der Waals surface area contributed by atoms with Gasteiger partial charge in [-0.15, -0.1) is 0 Å². The number of carbonyl (C=O) groups is 1. The van der Waals surface area contributed by atoms with Gasteiger partial charge in [-0.1, -0.05) is 48.5 Å². The van der Waals surface area contributed by atoms with Gasteiger partial charge in [-0.2, -0.15) is 0 Å². The van der Waals surface area contributed by atoms with E-state index in [4.69, 9.17) is 4.84 Å². The van der Waals surface area contributed by atoms with Gasteiger partial charge in [-0.25, -0.2) is 5.06 Å². The number of nitro benzene ring substituents is 1. The fraction of sp³-hybridized carbons (Fsp3) is 0.296. The number of amides is 1. The van der Waals surface area contributed by atoms with Crippen LogP contribution in [0.15, 0.2) is 84.9 Å². The van der Waals surface area contributed by atoms with Gasteiger partial charge in [-0.05, 0) is 54.7 Å². The van der Waals surface area contributed by atoms with Gasteiger partial charge >= 0.3 is 0 Å². The number of nitro groups is 1. The maximum atomic E-state index is 14.0. The zero-order valence-electron chi connectivity index (χ0n) is 18.8. The summed E-state index contributed by atoms with van der Waals surface area (Å²) in [6.07, 6.45) is 2.56. The van der Waals surface area contributed by atoms with Crippen molar-refractivity contribution in [2.24, 2.45) is 5.92 Å². The Hall–Kier alpha value is -3.71. The topological polar surface area (TPSA) is 75.9 Å². The highest BCUT2D eigenvalue weighted by molar-refractivity contribution is 5.82. The predicted octanol–water partition coefficient (Wildman–Crippen LogP) is 5.46. The number of benzene rings is 3. The van der Waals surface area contributed by atoms with Crippen molar-refractivity contribution in [2.45, 2.75) is 31.4 Å². The third-order valence-corrected chi connectivity index (χ3v) is 6.68. The summed E-state index contributed by atoms with van der Waals surface area (Å²) in [5.74, 6) is -0.433. The summed E-state index contributed by atoms with van der Waals surface area (Å²) >= 11 is 0. The van der Waals surface area contributed by atoms with Gasteiger partial charge in [0.2, 0.25) is 5.91 Å². The fourth-order valence-corrected chi connectivity index (χ4v) is 5.00. The monoisotopic (exact) mass is 457 g/mol. The number of anilines is 1. The standard InChI is InChI=1S/C27H27N3O4/c31-27(28-18-8-3-9-19-28)24-25(20-10-4-1-5-11-20)29(22-12-6-2-7-13-22)34-26(24)21-14-16-23(17-15-21)30(32)33/h1-2,4-7,10-17,24-26H,3,8-9,18-19H2. The van der Waals surface area contributed by atoms with Crippen molar-refractivity contribution in [3.63, 3.8) is 0 Å². The first kappa shape index (κ1) is 22.1. The van der Waals surface area contributed by atoms with Crippen molar-refractivity contribution < 1.29 is 14.6 Å². The maximum Gasteiger partial charge on any atom is 0.269 e. The molecule has 3 aromatic carbocycles. The Labute approximate surface area is 198 Å². The largest absolute Gasteiger partial charge is 0.342 e. The molecule has 7 heteroatoms. The summed E-state index contributed by atoms with van der Waals surface area (Å²) < 4.78 is 0. The second kappa shape index (κ2) is 9.65. The lowest BCUT2D eigenvalue weighted by Gasteiger charge is -2.33. The van der Waals surface area contributed by atoms with Crippen LogP contribution in [0.2, 0.25) is 0 Å². The zero-order chi connectivity index (χ0) is 23.5. The smallest absolute Gasteiger partial charge is 0.269 e. The van der Waals surface area contributed by atoms with Crippen molar-refractivity contribution in [1.29, 1.82) is 0 Å². The Morgan fingerprint density at radius 1 is 0.824 bits per heavy atom. The van der Waals surface area contributed by atoms with Gasteiger partial charge in [-0.3, -0.25) is 19.7 Å². The highest BCUT2D eigenvalue weighted by atomic mass is 16.7. The molecular weight excluding hydrogens is 430 g/mol. The minimum Gasteiger partial charge on any atom is -0.342 e. The number of carbonyl (C=O) groups excluding carboxylic acids is 1. The van der Waals surface area contributed by atoms with E-state index < -0.39 is 16.9 Å². The van der Waals surface area contributed by atoms with E-state index in [1.807, 2.05) is 70.6 Å². The molecule has 0 bridgehead atoms. The summed E-state index contributed by atoms with van der Waals surface area (Å²) in [5.41, 5.74) is 2.61. The molecule has 0 radical (unpaired) electrons. The number of non-ortho nitro benzene ring substituents is 1. The third-order valence-electron chi connectivity index (χ3n) is 6.68. The predicted molar refractivity (Wildman–Crippen MR) is 129 cm³/mol. The summed E-state index contributed by atoms with van der Waals surface area (Å²) in [6.45, 7) is 1.49. The van der Waals surface area contributed by atoms with E-state index in [-0.39, 0.29) is 17.6 Å². The molecule has 2 saturated heterocycles. The first-order valence-corrected chi connectivity index (χ1v) is 11.7. The second-order valence-corrected chi connectivity index (χ2v) is 8.80. The zero-order valence-corrected chi connectivity index (χ0v) is 18.8. The number of rotatable bonds is 5. The van der Waals surface area contributed by atoms with Gasteiger partial charge in [0.15, 0.2) is 0 Å². The van der Waals surface area contributed by atoms with Crippen molar-refractivity contribution in [2.75, 3.05) is 18.2 Å². The Morgan fingerprint density at radius 2 is 1.44 bits per heavy atom. The summed E-state index contributed by atoms with van der Waals surface area (Å²) in [6, 6.07) is 25.8. The highest BCUT2D eigenvalue weighted by Gasteiger charge is 2.50. The molecule has 7 nitrogen and oxygen atoms in total. The normalized spacial score (nSPS) is 22.5. The van der Waals surface area contributed by atoms with Gasteiger partial charge in [0, 0.05) is 25.2 Å². The van der Waals surface area contributed by atoms with Crippen LogP contribution in [0.5, 0.6) is 0 Å². The molecule has 3 unspecified atom stereocenters. The molecule has 0 aliphatic carbocycles. The molecule has 3 atom stereocenters. The van der Waals surface area contributed by atoms with Crippen LogP contribution >= 0.6 is 0 Å². The Kier molecular flexibility index (Phi) is 6.27. The van der Waals surface area contributed by atoms with E-state index >= 15 is 0 Å². The summed E-state index contributed by atoms with van der Waals surface area (Å²) in [4.78, 5) is 33.3. The first-order valence-electron chi connectivity index (χ1n) is 11.7. The lowest BCUT2D eigenvalue weighted by molar-refractivity contribution is -0.384. The van der Waals surface area contributed by atoms with Crippen LogP contribution in [0, 0.1) is 16.0 Å². The highest BCUT2D eigenvalue weighted by Crippen LogP contribution is 2.49. The van der Waals surface area contributed by atoms with Crippen LogP contribution in [0.1, 0.15) is 42.5 Å². The Morgan fingerprint density at radius 3 is 2.06 bits per heavy atom. The van der Waals surface area contributed by atoms with E-state index in [9.17, 15) is 14.9 Å². The van der Waals surface area contributed by atoms with Crippen LogP contribution in [-0.2, 0) is 9.63 Å². The quantitative estimate of drug-likeness (QED) is 0.376. The van der Waals surface area contributed by atoms with Crippen LogP contribution in [0.4, 0.5) is 11.4 Å². The minimum absolute atomic E-state index is 0.0141. The molecule has 3 aromatic rings. The third kappa shape index (κ3) is 4.26. The number of hydrogen-bond donors (Lipinski definition) is 0. The van der Waals surface area contributed by atoms with Gasteiger partial charge in [0.05, 0.1) is 22.6 Å². The molecule has 5 rings (SSSR count). The van der Waals surface area contributed by atoms with Crippen molar-refractivity contribution in [3.05, 3.63) is 106 Å². The number of hydrogen-bond acceptors (Lipinski definition) is 5. The SMILES string of the molecule is O=C(C1C(c2ccc([N+](=O)[O-])cc2)ON(c2ccccc2)C1c1ccccc1)N1CCCCC1. The molecule has 2 aliphatic rings. The number of nitrogens with zero attached hydrogens (tertiary/aromatic N) is 3. The lowest BCUT2D eigenvalue weighted by Crippen LogP contribution is -2.42. The Balaban J connectivity index is 1.61. The van der Waals surface area contributed by atoms with Crippen molar-refractivity contribution >= 4 is 17.3 Å². The van der Waals surface area contributed by atoms with Crippen LogP contribution < -0.4 is 5.06 Å². The number of para-hydroxylation sites is 1. The lowest BCUT2D eigenvalue weighted by atomic mass is 9.84. The minimum atomic E-state index is -0.569. The van der Waals surface area contributed by atoms with E-state index in [1.54, 1.807) is 12.1 Å². The summed E-state index contributed by atoms with van der Waals surface area (Å²) in [5, 5.41) is 13.0. The average Bonchev–Trinajstić information content (AvgIpc) is 3.30. The molecule has 2 aliphatic heterocycles. The van der Waals surface area contributed by atoms with Crippen molar-refractivity contribution in [3.8, 4) is 0 Å². The van der Waals surface area contributed by atoms with Gasteiger partial charge < -0.3 is 4.90 Å². The molecular formula is C27H27N3O4.